The fourth-order valence-electron chi connectivity index (χ4n) is 2.00. The Labute approximate surface area is 75.6 Å². The molecule has 0 saturated heterocycles. The van der Waals surface area contributed by atoms with Gasteiger partial charge in [-0.15, -0.1) is 0 Å². The van der Waals surface area contributed by atoms with E-state index in [0.717, 1.165) is 6.61 Å². The van der Waals surface area contributed by atoms with Crippen molar-refractivity contribution in [1.82, 2.24) is 5.48 Å². The zero-order valence-corrected chi connectivity index (χ0v) is 8.52. The Bertz CT molecular complexity index is 134. The van der Waals surface area contributed by atoms with Gasteiger partial charge in [0.2, 0.25) is 0 Å². The van der Waals surface area contributed by atoms with Gasteiger partial charge in [0.25, 0.3) is 0 Å². The molecule has 2 nitrogen and oxygen atoms in total. The average Bonchev–Trinajstić information content (AvgIpc) is 1.99. The van der Waals surface area contributed by atoms with Crippen molar-refractivity contribution in [3.63, 3.8) is 0 Å². The quantitative estimate of drug-likeness (QED) is 0.659. The first kappa shape index (κ1) is 10.0. The molecule has 0 spiro atoms. The van der Waals surface area contributed by atoms with E-state index in [1.807, 2.05) is 6.92 Å². The van der Waals surface area contributed by atoms with Crippen LogP contribution in [0.5, 0.6) is 0 Å². The minimum atomic E-state index is 0.507. The molecule has 1 fully saturated rings. The van der Waals surface area contributed by atoms with E-state index in [4.69, 9.17) is 4.84 Å². The van der Waals surface area contributed by atoms with Gasteiger partial charge in [0.15, 0.2) is 0 Å². The summed E-state index contributed by atoms with van der Waals surface area (Å²) in [6, 6.07) is 0.577. The lowest BCUT2D eigenvalue weighted by Crippen LogP contribution is -2.37. The number of rotatable bonds is 3. The Hall–Kier alpha value is -0.0800. The second-order valence-electron chi connectivity index (χ2n) is 4.51. The zero-order valence-electron chi connectivity index (χ0n) is 8.52. The molecule has 0 bridgehead atoms. The molecule has 1 aliphatic rings. The van der Waals surface area contributed by atoms with Crippen LogP contribution < -0.4 is 5.48 Å². The summed E-state index contributed by atoms with van der Waals surface area (Å²) in [5.74, 6) is 0. The van der Waals surface area contributed by atoms with Crippen LogP contribution in [-0.2, 0) is 4.84 Å². The van der Waals surface area contributed by atoms with Crippen molar-refractivity contribution in [3.05, 3.63) is 0 Å². The lowest BCUT2D eigenvalue weighted by molar-refractivity contribution is -0.0000179. The minimum absolute atomic E-state index is 0.507. The van der Waals surface area contributed by atoms with Crippen LogP contribution >= 0.6 is 0 Å². The van der Waals surface area contributed by atoms with Crippen LogP contribution in [0.1, 0.15) is 46.5 Å². The highest BCUT2D eigenvalue weighted by Gasteiger charge is 2.27. The van der Waals surface area contributed by atoms with E-state index in [1.165, 1.54) is 25.7 Å². The van der Waals surface area contributed by atoms with Crippen molar-refractivity contribution in [2.45, 2.75) is 52.5 Å². The standard InChI is InChI=1S/C10H21NO/c1-4-12-11-9-6-5-7-10(2,3)8-9/h9,11H,4-8H2,1-3H3. The third kappa shape index (κ3) is 3.11. The van der Waals surface area contributed by atoms with Crippen molar-refractivity contribution in [1.29, 1.82) is 0 Å². The molecule has 0 aromatic rings. The molecule has 0 heterocycles. The second kappa shape index (κ2) is 4.24. The van der Waals surface area contributed by atoms with E-state index in [-0.39, 0.29) is 0 Å². The first-order chi connectivity index (χ1) is 5.64. The van der Waals surface area contributed by atoms with Gasteiger partial charge in [-0.3, -0.25) is 0 Å². The molecular formula is C10H21NO. The second-order valence-corrected chi connectivity index (χ2v) is 4.51. The van der Waals surface area contributed by atoms with E-state index in [2.05, 4.69) is 19.3 Å². The maximum atomic E-state index is 5.22. The molecule has 12 heavy (non-hydrogen) atoms. The lowest BCUT2D eigenvalue weighted by Gasteiger charge is -2.35. The van der Waals surface area contributed by atoms with Crippen molar-refractivity contribution >= 4 is 0 Å². The summed E-state index contributed by atoms with van der Waals surface area (Å²) in [6.45, 7) is 7.46. The first-order valence-electron chi connectivity index (χ1n) is 5.01. The van der Waals surface area contributed by atoms with Gasteiger partial charge in [-0.05, 0) is 31.6 Å². The molecule has 72 valence electrons. The number of nitrogens with one attached hydrogen (secondary N) is 1. The van der Waals surface area contributed by atoms with Crippen LogP contribution in [0.4, 0.5) is 0 Å². The Morgan fingerprint density at radius 2 is 2.25 bits per heavy atom. The smallest absolute Gasteiger partial charge is 0.0654 e. The van der Waals surface area contributed by atoms with Crippen molar-refractivity contribution in [2.24, 2.45) is 5.41 Å². The van der Waals surface area contributed by atoms with E-state index in [1.54, 1.807) is 0 Å². The fourth-order valence-corrected chi connectivity index (χ4v) is 2.00. The van der Waals surface area contributed by atoms with Crippen molar-refractivity contribution in [2.75, 3.05) is 6.61 Å². The molecule has 0 aliphatic heterocycles. The molecule has 1 atom stereocenters. The van der Waals surface area contributed by atoms with Crippen molar-refractivity contribution < 1.29 is 4.84 Å². The monoisotopic (exact) mass is 171 g/mol. The molecule has 0 aromatic carbocycles. The van der Waals surface area contributed by atoms with E-state index >= 15 is 0 Å². The summed E-state index contributed by atoms with van der Waals surface area (Å²) in [5.41, 5.74) is 3.63. The Morgan fingerprint density at radius 1 is 1.50 bits per heavy atom. The number of hydroxylamine groups is 1. The molecule has 1 saturated carbocycles. The average molecular weight is 171 g/mol. The molecular weight excluding hydrogens is 150 g/mol. The van der Waals surface area contributed by atoms with Gasteiger partial charge in [0.05, 0.1) is 6.61 Å². The Balaban J connectivity index is 2.26. The lowest BCUT2D eigenvalue weighted by atomic mass is 9.75. The maximum absolute atomic E-state index is 5.22. The summed E-state index contributed by atoms with van der Waals surface area (Å²) in [6.07, 6.45) is 5.20. The molecule has 0 aromatic heterocycles. The molecule has 0 amide bonds. The topological polar surface area (TPSA) is 21.3 Å². The molecule has 1 unspecified atom stereocenters. The van der Waals surface area contributed by atoms with Crippen LogP contribution in [0, 0.1) is 5.41 Å². The first-order valence-corrected chi connectivity index (χ1v) is 5.01. The van der Waals surface area contributed by atoms with E-state index in [9.17, 15) is 0 Å². The highest BCUT2D eigenvalue weighted by molar-refractivity contribution is 4.81. The third-order valence-electron chi connectivity index (χ3n) is 2.60. The maximum Gasteiger partial charge on any atom is 0.0654 e. The van der Waals surface area contributed by atoms with Crippen LogP contribution in [0.15, 0.2) is 0 Å². The minimum Gasteiger partial charge on any atom is -0.302 e. The van der Waals surface area contributed by atoms with Gasteiger partial charge in [-0.1, -0.05) is 20.3 Å². The van der Waals surface area contributed by atoms with Crippen molar-refractivity contribution in [3.8, 4) is 0 Å². The van der Waals surface area contributed by atoms with Crippen LogP contribution in [-0.4, -0.2) is 12.6 Å². The highest BCUT2D eigenvalue weighted by Crippen LogP contribution is 2.34. The summed E-state index contributed by atoms with van der Waals surface area (Å²) in [4.78, 5) is 5.22. The van der Waals surface area contributed by atoms with Gasteiger partial charge in [-0.2, -0.15) is 5.48 Å². The highest BCUT2D eigenvalue weighted by atomic mass is 16.6. The van der Waals surface area contributed by atoms with Gasteiger partial charge >= 0.3 is 0 Å². The number of hydrogen-bond acceptors (Lipinski definition) is 2. The van der Waals surface area contributed by atoms with Gasteiger partial charge in [0.1, 0.15) is 0 Å². The summed E-state index contributed by atoms with van der Waals surface area (Å²) < 4.78 is 0. The Morgan fingerprint density at radius 3 is 2.83 bits per heavy atom. The predicted molar refractivity (Wildman–Crippen MR) is 50.8 cm³/mol. The third-order valence-corrected chi connectivity index (χ3v) is 2.60. The molecule has 2 heteroatoms. The SMILES string of the molecule is CCONC1CCCC(C)(C)C1. The summed E-state index contributed by atoms with van der Waals surface area (Å²) in [5, 5.41) is 0. The normalized spacial score (nSPS) is 28.8. The molecule has 0 radical (unpaired) electrons. The largest absolute Gasteiger partial charge is 0.302 e. The summed E-state index contributed by atoms with van der Waals surface area (Å²) in [7, 11) is 0. The fraction of sp³-hybridized carbons (Fsp3) is 1.00. The van der Waals surface area contributed by atoms with Gasteiger partial charge < -0.3 is 4.84 Å². The Kier molecular flexibility index (Phi) is 3.53. The number of hydrogen-bond donors (Lipinski definition) is 1. The van der Waals surface area contributed by atoms with Crippen LogP contribution in [0.25, 0.3) is 0 Å². The predicted octanol–water partition coefficient (Wildman–Crippen LogP) is 2.50. The van der Waals surface area contributed by atoms with Gasteiger partial charge in [-0.25, -0.2) is 0 Å². The zero-order chi connectivity index (χ0) is 9.03. The summed E-state index contributed by atoms with van der Waals surface area (Å²) >= 11 is 0. The van der Waals surface area contributed by atoms with E-state index < -0.39 is 0 Å². The van der Waals surface area contributed by atoms with Gasteiger partial charge in [0, 0.05) is 6.04 Å². The molecule has 1 aliphatic carbocycles. The van der Waals surface area contributed by atoms with E-state index in [0.29, 0.717) is 11.5 Å². The molecule has 1 rings (SSSR count). The molecule has 1 N–H and O–H groups in total. The van der Waals surface area contributed by atoms with Crippen LogP contribution in [0.2, 0.25) is 0 Å². The van der Waals surface area contributed by atoms with Crippen LogP contribution in [0.3, 0.4) is 0 Å².